The fourth-order valence-corrected chi connectivity index (χ4v) is 3.74. The minimum Gasteiger partial charge on any atom is -0.465 e. The second-order valence-electron chi connectivity index (χ2n) is 5.79. The lowest BCUT2D eigenvalue weighted by Gasteiger charge is -2.05. The van der Waals surface area contributed by atoms with E-state index >= 15 is 0 Å². The van der Waals surface area contributed by atoms with E-state index in [-0.39, 0.29) is 32.4 Å². The molecule has 0 saturated carbocycles. The molecule has 150 valence electrons. The van der Waals surface area contributed by atoms with Gasteiger partial charge in [0.05, 0.1) is 17.6 Å². The van der Waals surface area contributed by atoms with Crippen LogP contribution in [0.1, 0.15) is 34.1 Å². The number of carbonyl (C=O) groups is 2. The highest BCUT2D eigenvalue weighted by Gasteiger charge is 2.20. The first-order valence-corrected chi connectivity index (χ1v) is 9.58. The highest BCUT2D eigenvalue weighted by molar-refractivity contribution is 7.16. The first-order chi connectivity index (χ1) is 13.8. The number of aryl methyl sites for hydroxylation is 1. The lowest BCUT2D eigenvalue weighted by Crippen LogP contribution is -2.15. The maximum atomic E-state index is 12.6. The lowest BCUT2D eigenvalue weighted by atomic mass is 10.1. The quantitative estimate of drug-likeness (QED) is 0.224. The molecule has 0 unspecified atom stereocenters. The van der Waals surface area contributed by atoms with Crippen LogP contribution in [0.5, 0.6) is 0 Å². The van der Waals surface area contributed by atoms with Crippen LogP contribution < -0.4 is 5.32 Å². The molecule has 0 bridgehead atoms. The van der Waals surface area contributed by atoms with Crippen molar-refractivity contribution < 1.29 is 19.2 Å². The largest absolute Gasteiger partial charge is 0.465 e. The first kappa shape index (κ1) is 22.1. The third-order valence-electron chi connectivity index (χ3n) is 3.75. The molecule has 2 rings (SSSR count). The number of nitro benzene ring substituents is 1. The van der Waals surface area contributed by atoms with Crippen LogP contribution in [-0.4, -0.2) is 23.9 Å². The number of benzene rings is 1. The maximum absolute atomic E-state index is 12.6. The van der Waals surface area contributed by atoms with Gasteiger partial charge in [-0.2, -0.15) is 5.26 Å². The molecule has 1 heterocycles. The van der Waals surface area contributed by atoms with Crippen molar-refractivity contribution in [2.45, 2.75) is 19.8 Å². The normalized spacial score (nSPS) is 10.9. The molecule has 0 spiro atoms. The van der Waals surface area contributed by atoms with Crippen LogP contribution in [0.15, 0.2) is 29.8 Å². The van der Waals surface area contributed by atoms with E-state index in [0.29, 0.717) is 0 Å². The van der Waals surface area contributed by atoms with Gasteiger partial charge in [-0.15, -0.1) is 11.3 Å². The molecule has 0 aliphatic rings. The zero-order valence-electron chi connectivity index (χ0n) is 15.5. The summed E-state index contributed by atoms with van der Waals surface area (Å²) in [5, 5.41) is 23.1. The predicted molar refractivity (Wildman–Crippen MR) is 110 cm³/mol. The zero-order chi connectivity index (χ0) is 21.6. The first-order valence-electron chi connectivity index (χ1n) is 8.38. The summed E-state index contributed by atoms with van der Waals surface area (Å²) in [6.07, 6.45) is 2.78. The number of rotatable bonds is 7. The number of hydrogen-bond acceptors (Lipinski definition) is 7. The average molecular weight is 434 g/mol. The number of nitriles is 1. The van der Waals surface area contributed by atoms with Crippen molar-refractivity contribution in [3.8, 4) is 6.07 Å². The molecule has 8 nitrogen and oxygen atoms in total. The Labute approximate surface area is 175 Å². The van der Waals surface area contributed by atoms with Gasteiger partial charge in [0.2, 0.25) is 0 Å². The number of halogens is 1. The Morgan fingerprint density at radius 2 is 2.14 bits per heavy atom. The molecule has 0 atom stereocenters. The number of nitrogens with zero attached hydrogens (tertiary/aromatic N) is 2. The van der Waals surface area contributed by atoms with E-state index in [0.717, 1.165) is 23.8 Å². The van der Waals surface area contributed by atoms with Crippen molar-refractivity contribution in [2.75, 3.05) is 12.4 Å². The number of hydrogen-bond donors (Lipinski definition) is 1. The summed E-state index contributed by atoms with van der Waals surface area (Å²) in [5.74, 6) is -1.35. The van der Waals surface area contributed by atoms with E-state index in [1.165, 1.54) is 36.7 Å². The van der Waals surface area contributed by atoms with Gasteiger partial charge in [0.15, 0.2) is 0 Å². The minimum atomic E-state index is -0.750. The molecule has 0 radical (unpaired) electrons. The van der Waals surface area contributed by atoms with E-state index in [4.69, 9.17) is 16.3 Å². The molecule has 29 heavy (non-hydrogen) atoms. The van der Waals surface area contributed by atoms with Gasteiger partial charge in [-0.05, 0) is 30.2 Å². The molecular formula is C19H16ClN3O5S. The standard InChI is InChI=1S/C19H16ClN3O5S/c1-3-4-13-9-14(19(25)28-2)18(29-13)22-17(24)12(10-21)7-11-5-6-15(20)16(8-11)23(26)27/h5-9H,3-4H2,1-2H3,(H,22,24). The summed E-state index contributed by atoms with van der Waals surface area (Å²) in [7, 11) is 1.24. The van der Waals surface area contributed by atoms with Gasteiger partial charge < -0.3 is 10.1 Å². The van der Waals surface area contributed by atoms with Crippen LogP contribution in [0.3, 0.4) is 0 Å². The molecule has 1 aromatic heterocycles. The summed E-state index contributed by atoms with van der Waals surface area (Å²) in [4.78, 5) is 35.8. The van der Waals surface area contributed by atoms with E-state index in [1.54, 1.807) is 12.1 Å². The second-order valence-corrected chi connectivity index (χ2v) is 7.33. The van der Waals surface area contributed by atoms with Gasteiger partial charge in [-0.3, -0.25) is 14.9 Å². The monoisotopic (exact) mass is 433 g/mol. The van der Waals surface area contributed by atoms with Gasteiger partial charge in [-0.25, -0.2) is 4.79 Å². The van der Waals surface area contributed by atoms with Crippen LogP contribution in [0.25, 0.3) is 6.08 Å². The van der Waals surface area contributed by atoms with Crippen molar-refractivity contribution >= 4 is 51.6 Å². The minimum absolute atomic E-state index is 0.0557. The summed E-state index contributed by atoms with van der Waals surface area (Å²) in [6.45, 7) is 1.98. The third kappa shape index (κ3) is 5.40. The molecule has 1 N–H and O–H groups in total. The number of amides is 1. The van der Waals surface area contributed by atoms with Gasteiger partial charge >= 0.3 is 5.97 Å². The number of nitrogens with one attached hydrogen (secondary N) is 1. The summed E-state index contributed by atoms with van der Waals surface area (Å²) >= 11 is 6.99. The van der Waals surface area contributed by atoms with Gasteiger partial charge in [0.1, 0.15) is 21.7 Å². The molecule has 10 heteroatoms. The fraction of sp³-hybridized carbons (Fsp3) is 0.211. The van der Waals surface area contributed by atoms with Crippen molar-refractivity contribution in [3.63, 3.8) is 0 Å². The van der Waals surface area contributed by atoms with Crippen LogP contribution in [0.4, 0.5) is 10.7 Å². The third-order valence-corrected chi connectivity index (χ3v) is 5.18. The number of esters is 1. The van der Waals surface area contributed by atoms with Crippen molar-refractivity contribution in [1.82, 2.24) is 0 Å². The number of nitro groups is 1. The molecule has 0 aliphatic heterocycles. The SMILES string of the molecule is CCCc1cc(C(=O)OC)c(NC(=O)C(C#N)=Cc2ccc(Cl)c([N+](=O)[O-])c2)s1. The Bertz CT molecular complexity index is 1040. The molecule has 2 aromatic rings. The smallest absolute Gasteiger partial charge is 0.340 e. The summed E-state index contributed by atoms with van der Waals surface area (Å²) < 4.78 is 4.74. The highest BCUT2D eigenvalue weighted by Crippen LogP contribution is 2.30. The Morgan fingerprint density at radius 1 is 1.41 bits per heavy atom. The number of ether oxygens (including phenoxy) is 1. The second kappa shape index (κ2) is 9.82. The van der Waals surface area contributed by atoms with Crippen LogP contribution in [-0.2, 0) is 16.0 Å². The van der Waals surface area contributed by atoms with Crippen LogP contribution in [0.2, 0.25) is 5.02 Å². The lowest BCUT2D eigenvalue weighted by molar-refractivity contribution is -0.384. The van der Waals surface area contributed by atoms with E-state index < -0.39 is 16.8 Å². The predicted octanol–water partition coefficient (Wildman–Crippen LogP) is 4.59. The fourth-order valence-electron chi connectivity index (χ4n) is 2.41. The molecule has 1 aromatic carbocycles. The molecule has 0 aliphatic carbocycles. The summed E-state index contributed by atoms with van der Waals surface area (Å²) in [6, 6.07) is 7.33. The van der Waals surface area contributed by atoms with E-state index in [2.05, 4.69) is 5.32 Å². The molecule has 1 amide bonds. The van der Waals surface area contributed by atoms with E-state index in [1.807, 2.05) is 6.92 Å². The molecular weight excluding hydrogens is 418 g/mol. The maximum Gasteiger partial charge on any atom is 0.340 e. The van der Waals surface area contributed by atoms with Gasteiger partial charge in [0, 0.05) is 10.9 Å². The van der Waals surface area contributed by atoms with Crippen LogP contribution in [0, 0.1) is 21.4 Å². The van der Waals surface area contributed by atoms with Crippen LogP contribution >= 0.6 is 22.9 Å². The number of thiophene rings is 1. The molecule has 0 saturated heterocycles. The average Bonchev–Trinajstić information content (AvgIpc) is 3.08. The highest BCUT2D eigenvalue weighted by atomic mass is 35.5. The van der Waals surface area contributed by atoms with Crippen molar-refractivity contribution in [1.29, 1.82) is 5.26 Å². The Morgan fingerprint density at radius 3 is 2.72 bits per heavy atom. The van der Waals surface area contributed by atoms with E-state index in [9.17, 15) is 25.0 Å². The Kier molecular flexibility index (Phi) is 7.47. The number of anilines is 1. The topological polar surface area (TPSA) is 122 Å². The van der Waals surface area contributed by atoms with Gasteiger partial charge in [0.25, 0.3) is 11.6 Å². The number of methoxy groups -OCH3 is 1. The number of carbonyl (C=O) groups excluding carboxylic acids is 2. The summed E-state index contributed by atoms with van der Waals surface area (Å²) in [5.41, 5.74) is -0.163. The zero-order valence-corrected chi connectivity index (χ0v) is 17.1. The molecule has 0 fully saturated rings. The van der Waals surface area contributed by atoms with Crippen molar-refractivity contribution in [2.24, 2.45) is 0 Å². The van der Waals surface area contributed by atoms with Gasteiger partial charge in [-0.1, -0.05) is 31.0 Å². The Hall–Kier alpha value is -3.22. The Balaban J connectivity index is 2.35. The van der Waals surface area contributed by atoms with Crippen molar-refractivity contribution in [3.05, 3.63) is 61.0 Å².